The van der Waals surface area contributed by atoms with Crippen LogP contribution in [0.2, 0.25) is 0 Å². The lowest BCUT2D eigenvalue weighted by Gasteiger charge is -2.40. The van der Waals surface area contributed by atoms with E-state index in [0.717, 1.165) is 18.6 Å². The van der Waals surface area contributed by atoms with Crippen LogP contribution in [-0.4, -0.2) is 30.6 Å². The van der Waals surface area contributed by atoms with E-state index in [-0.39, 0.29) is 17.2 Å². The van der Waals surface area contributed by atoms with Gasteiger partial charge in [0.25, 0.3) is 5.69 Å². The van der Waals surface area contributed by atoms with Crippen molar-refractivity contribution in [1.82, 2.24) is 4.72 Å². The van der Waals surface area contributed by atoms with Crippen LogP contribution in [0.1, 0.15) is 19.3 Å². The minimum Gasteiger partial charge on any atom is -0.394 e. The number of nitrogens with zero attached hydrogens (tertiary/aromatic N) is 1. The maximum atomic E-state index is 12.1. The molecule has 7 nitrogen and oxygen atoms in total. The minimum atomic E-state index is -3.77. The average molecular weight is 286 g/mol. The molecule has 0 radical (unpaired) electrons. The molecule has 19 heavy (non-hydrogen) atoms. The summed E-state index contributed by atoms with van der Waals surface area (Å²) in [6.45, 7) is -0.251. The van der Waals surface area contributed by atoms with Gasteiger partial charge in [-0.1, -0.05) is 0 Å². The maximum Gasteiger partial charge on any atom is 0.269 e. The van der Waals surface area contributed by atoms with Crippen LogP contribution in [-0.2, 0) is 10.0 Å². The van der Waals surface area contributed by atoms with Crippen LogP contribution in [0, 0.1) is 10.1 Å². The van der Waals surface area contributed by atoms with Gasteiger partial charge in [-0.05, 0) is 31.4 Å². The highest BCUT2D eigenvalue weighted by molar-refractivity contribution is 7.89. The summed E-state index contributed by atoms with van der Waals surface area (Å²) in [4.78, 5) is 9.86. The molecule has 2 rings (SSSR count). The molecule has 0 unspecified atom stereocenters. The minimum absolute atomic E-state index is 0.0437. The molecule has 2 N–H and O–H groups in total. The number of hydrogen-bond acceptors (Lipinski definition) is 5. The molecule has 1 aromatic rings. The molecule has 0 heterocycles. The zero-order chi connectivity index (χ0) is 14.1. The molecule has 1 aliphatic carbocycles. The number of nitrogens with one attached hydrogen (secondary N) is 1. The van der Waals surface area contributed by atoms with Gasteiger partial charge in [0.1, 0.15) is 0 Å². The summed E-state index contributed by atoms with van der Waals surface area (Å²) in [6.07, 6.45) is 2.05. The summed E-state index contributed by atoms with van der Waals surface area (Å²) < 4.78 is 26.7. The third-order valence-corrected chi connectivity index (χ3v) is 4.92. The normalized spacial score (nSPS) is 17.7. The molecular formula is C11H14N2O5S. The van der Waals surface area contributed by atoms with Crippen molar-refractivity contribution in [2.75, 3.05) is 6.61 Å². The fourth-order valence-electron chi connectivity index (χ4n) is 1.99. The number of non-ortho nitro benzene ring substituents is 1. The number of hydrogen-bond donors (Lipinski definition) is 2. The molecule has 1 fully saturated rings. The zero-order valence-corrected chi connectivity index (χ0v) is 10.9. The maximum absolute atomic E-state index is 12.1. The van der Waals surface area contributed by atoms with E-state index in [0.29, 0.717) is 12.8 Å². The predicted octanol–water partition coefficient (Wildman–Crippen LogP) is 0.788. The quantitative estimate of drug-likeness (QED) is 0.614. The van der Waals surface area contributed by atoms with Gasteiger partial charge in [-0.3, -0.25) is 10.1 Å². The van der Waals surface area contributed by atoms with Crippen molar-refractivity contribution in [3.63, 3.8) is 0 Å². The Hall–Kier alpha value is -1.51. The summed E-state index contributed by atoms with van der Waals surface area (Å²) >= 11 is 0. The van der Waals surface area contributed by atoms with Gasteiger partial charge in [-0.15, -0.1) is 0 Å². The Kier molecular flexibility index (Phi) is 3.57. The number of aliphatic hydroxyl groups excluding tert-OH is 1. The molecule has 104 valence electrons. The van der Waals surface area contributed by atoms with Crippen molar-refractivity contribution >= 4 is 15.7 Å². The Labute approximate surface area is 110 Å². The summed E-state index contributed by atoms with van der Waals surface area (Å²) in [7, 11) is -3.77. The van der Waals surface area contributed by atoms with Gasteiger partial charge in [0, 0.05) is 12.1 Å². The third kappa shape index (κ3) is 2.75. The fraction of sp³-hybridized carbons (Fsp3) is 0.455. The molecule has 0 bridgehead atoms. The number of sulfonamides is 1. The average Bonchev–Trinajstić information content (AvgIpc) is 2.34. The molecule has 0 amide bonds. The SMILES string of the molecule is O=[N+]([O-])c1ccc(S(=O)(=O)NC2(CO)CCC2)cc1. The highest BCUT2D eigenvalue weighted by atomic mass is 32.2. The molecule has 1 aliphatic rings. The molecule has 1 saturated carbocycles. The second-order valence-corrected chi connectivity index (χ2v) is 6.33. The first-order valence-electron chi connectivity index (χ1n) is 5.78. The lowest BCUT2D eigenvalue weighted by Crippen LogP contribution is -2.55. The monoisotopic (exact) mass is 286 g/mol. The number of nitro groups is 1. The van der Waals surface area contributed by atoms with Gasteiger partial charge in [-0.2, -0.15) is 0 Å². The second-order valence-electron chi connectivity index (χ2n) is 4.65. The predicted molar refractivity (Wildman–Crippen MR) is 67.1 cm³/mol. The van der Waals surface area contributed by atoms with Crippen molar-refractivity contribution < 1.29 is 18.4 Å². The standard InChI is InChI=1S/C11H14N2O5S/c14-8-11(6-1-7-11)12-19(17,18)10-4-2-9(3-5-10)13(15)16/h2-5,12,14H,1,6-8H2. The van der Waals surface area contributed by atoms with Crippen LogP contribution < -0.4 is 4.72 Å². The van der Waals surface area contributed by atoms with E-state index in [1.807, 2.05) is 0 Å². The first-order valence-corrected chi connectivity index (χ1v) is 7.26. The van der Waals surface area contributed by atoms with Gasteiger partial charge < -0.3 is 5.11 Å². The highest BCUT2D eigenvalue weighted by Gasteiger charge is 2.40. The van der Waals surface area contributed by atoms with Crippen LogP contribution in [0.3, 0.4) is 0 Å². The van der Waals surface area contributed by atoms with E-state index in [9.17, 15) is 23.6 Å². The van der Waals surface area contributed by atoms with Crippen LogP contribution in [0.15, 0.2) is 29.2 Å². The summed E-state index contributed by atoms with van der Waals surface area (Å²) in [5.74, 6) is 0. The lowest BCUT2D eigenvalue weighted by molar-refractivity contribution is -0.384. The Bertz CT molecular complexity index is 572. The topological polar surface area (TPSA) is 110 Å². The Morgan fingerprint density at radius 3 is 2.26 bits per heavy atom. The number of rotatable bonds is 5. The van der Waals surface area contributed by atoms with Crippen molar-refractivity contribution in [3.8, 4) is 0 Å². The molecule has 0 aromatic heterocycles. The van der Waals surface area contributed by atoms with Crippen LogP contribution in [0.4, 0.5) is 5.69 Å². The molecule has 0 spiro atoms. The van der Waals surface area contributed by atoms with Gasteiger partial charge in [0.15, 0.2) is 0 Å². The third-order valence-electron chi connectivity index (χ3n) is 3.32. The smallest absolute Gasteiger partial charge is 0.269 e. The first kappa shape index (κ1) is 13.9. The van der Waals surface area contributed by atoms with Gasteiger partial charge in [0.2, 0.25) is 10.0 Å². The number of benzene rings is 1. The number of nitro benzene ring substituents is 1. The van der Waals surface area contributed by atoms with Crippen LogP contribution >= 0.6 is 0 Å². The van der Waals surface area contributed by atoms with E-state index in [1.165, 1.54) is 12.1 Å². The second kappa shape index (κ2) is 4.87. The summed E-state index contributed by atoms with van der Waals surface area (Å²) in [6, 6.07) is 4.65. The molecule has 0 saturated heterocycles. The molecular weight excluding hydrogens is 272 g/mol. The molecule has 1 aromatic carbocycles. The largest absolute Gasteiger partial charge is 0.394 e. The van der Waals surface area contributed by atoms with Crippen molar-refractivity contribution in [3.05, 3.63) is 34.4 Å². The van der Waals surface area contributed by atoms with E-state index in [4.69, 9.17) is 0 Å². The van der Waals surface area contributed by atoms with Crippen LogP contribution in [0.5, 0.6) is 0 Å². The van der Waals surface area contributed by atoms with Gasteiger partial charge >= 0.3 is 0 Å². The summed E-state index contributed by atoms with van der Waals surface area (Å²) in [5.41, 5.74) is -0.944. The first-order chi connectivity index (χ1) is 8.88. The fourth-order valence-corrected chi connectivity index (χ4v) is 3.44. The Morgan fingerprint density at radius 2 is 1.89 bits per heavy atom. The molecule has 0 aliphatic heterocycles. The van der Waals surface area contributed by atoms with E-state index in [2.05, 4.69) is 4.72 Å². The molecule has 8 heteroatoms. The van der Waals surface area contributed by atoms with Crippen molar-refractivity contribution in [1.29, 1.82) is 0 Å². The van der Waals surface area contributed by atoms with E-state index >= 15 is 0 Å². The Morgan fingerprint density at radius 1 is 1.32 bits per heavy atom. The summed E-state index contributed by atoms with van der Waals surface area (Å²) in [5, 5.41) is 19.7. The zero-order valence-electron chi connectivity index (χ0n) is 10.1. The van der Waals surface area contributed by atoms with Gasteiger partial charge in [-0.25, -0.2) is 13.1 Å². The van der Waals surface area contributed by atoms with E-state index in [1.54, 1.807) is 0 Å². The lowest BCUT2D eigenvalue weighted by atomic mass is 9.78. The number of aliphatic hydroxyl groups is 1. The highest BCUT2D eigenvalue weighted by Crippen LogP contribution is 2.33. The Balaban J connectivity index is 2.22. The molecule has 0 atom stereocenters. The van der Waals surface area contributed by atoms with Crippen molar-refractivity contribution in [2.45, 2.75) is 29.7 Å². The van der Waals surface area contributed by atoms with E-state index < -0.39 is 20.5 Å². The van der Waals surface area contributed by atoms with Gasteiger partial charge in [0.05, 0.1) is 22.0 Å². The van der Waals surface area contributed by atoms with Crippen molar-refractivity contribution in [2.24, 2.45) is 0 Å². The van der Waals surface area contributed by atoms with Crippen LogP contribution in [0.25, 0.3) is 0 Å².